The van der Waals surface area contributed by atoms with Gasteiger partial charge in [-0.2, -0.15) is 0 Å². The molecule has 4 aromatic rings. The van der Waals surface area contributed by atoms with Gasteiger partial charge in [-0.1, -0.05) is 0 Å². The predicted octanol–water partition coefficient (Wildman–Crippen LogP) is 3.58. The van der Waals surface area contributed by atoms with Gasteiger partial charge in [-0.05, 0) is 19.9 Å². The number of imidazole rings is 1. The van der Waals surface area contributed by atoms with Crippen LogP contribution in [0.5, 0.6) is 23.1 Å². The van der Waals surface area contributed by atoms with Gasteiger partial charge < -0.3 is 24.3 Å². The fraction of sp³-hybridized carbons (Fsp3) is 0.273. The Hall–Kier alpha value is -4.08. The number of hydrogen-bond acceptors (Lipinski definition) is 9. The minimum atomic E-state index is 0.489. The van der Waals surface area contributed by atoms with Gasteiger partial charge in [0.25, 0.3) is 0 Å². The van der Waals surface area contributed by atoms with E-state index in [0.29, 0.717) is 40.5 Å². The average Bonchev–Trinajstić information content (AvgIpc) is 3.11. The number of hydrogen-bond donors (Lipinski definition) is 1. The Balaban J connectivity index is 1.86. The lowest BCUT2D eigenvalue weighted by molar-refractivity contribution is 0.324. The molecule has 0 atom stereocenters. The first-order valence-electron chi connectivity index (χ1n) is 9.80. The normalized spacial score (nSPS) is 10.8. The number of aryl methyl sites for hydroxylation is 2. The molecule has 0 aliphatic heterocycles. The van der Waals surface area contributed by atoms with Crippen molar-refractivity contribution >= 4 is 17.0 Å². The molecule has 0 amide bonds. The molecule has 10 heteroatoms. The van der Waals surface area contributed by atoms with Gasteiger partial charge in [0, 0.05) is 35.6 Å². The maximum atomic E-state index is 5.47. The number of nitrogens with one attached hydrogen (secondary N) is 1. The van der Waals surface area contributed by atoms with E-state index >= 15 is 0 Å². The molecule has 0 aliphatic rings. The summed E-state index contributed by atoms with van der Waals surface area (Å²) in [6.45, 7) is 3.81. The van der Waals surface area contributed by atoms with Gasteiger partial charge in [0.15, 0.2) is 23.1 Å². The second kappa shape index (κ2) is 8.58. The van der Waals surface area contributed by atoms with Gasteiger partial charge >= 0.3 is 0 Å². The van der Waals surface area contributed by atoms with Gasteiger partial charge in [-0.15, -0.1) is 5.10 Å². The van der Waals surface area contributed by atoms with Crippen LogP contribution in [0.3, 0.4) is 0 Å². The summed E-state index contributed by atoms with van der Waals surface area (Å²) in [6.07, 6.45) is 1.67. The van der Waals surface area contributed by atoms with Crippen molar-refractivity contribution in [1.29, 1.82) is 0 Å². The molecular weight excluding hydrogens is 412 g/mol. The van der Waals surface area contributed by atoms with Crippen molar-refractivity contribution in [2.45, 2.75) is 13.8 Å². The van der Waals surface area contributed by atoms with Crippen LogP contribution < -0.4 is 24.3 Å². The fourth-order valence-electron chi connectivity index (χ4n) is 3.46. The lowest BCUT2D eigenvalue weighted by Gasteiger charge is -2.16. The minimum Gasteiger partial charge on any atom is -0.493 e. The molecule has 1 aromatic carbocycles. The van der Waals surface area contributed by atoms with Crippen LogP contribution >= 0.6 is 0 Å². The number of rotatable bonds is 7. The second-order valence-electron chi connectivity index (χ2n) is 6.92. The van der Waals surface area contributed by atoms with Crippen LogP contribution in [-0.4, -0.2) is 53.0 Å². The molecule has 0 radical (unpaired) electrons. The Morgan fingerprint density at radius 2 is 1.59 bits per heavy atom. The van der Waals surface area contributed by atoms with Crippen molar-refractivity contribution in [1.82, 2.24) is 24.6 Å². The van der Waals surface area contributed by atoms with Crippen LogP contribution in [0.25, 0.3) is 16.9 Å². The fourth-order valence-corrected chi connectivity index (χ4v) is 3.46. The van der Waals surface area contributed by atoms with Gasteiger partial charge in [0.1, 0.15) is 11.3 Å². The van der Waals surface area contributed by atoms with E-state index in [1.54, 1.807) is 45.2 Å². The maximum absolute atomic E-state index is 5.47. The SMILES string of the molecule is COc1ccc(-c2nc(Nc3cc(OC)c(OC)c(OC)c3)c3c(C)nc(C)n3n2)cn1. The second-order valence-corrected chi connectivity index (χ2v) is 6.92. The van der Waals surface area contributed by atoms with Crippen molar-refractivity contribution in [3.63, 3.8) is 0 Å². The van der Waals surface area contributed by atoms with Crippen molar-refractivity contribution in [3.05, 3.63) is 42.0 Å². The van der Waals surface area contributed by atoms with E-state index in [1.165, 1.54) is 0 Å². The van der Waals surface area contributed by atoms with Crippen LogP contribution in [0.1, 0.15) is 11.5 Å². The molecular formula is C22H24N6O4. The smallest absolute Gasteiger partial charge is 0.212 e. The standard InChI is InChI=1S/C22H24N6O4/c1-12-19-22(25-15-9-16(29-3)20(32-6)17(10-15)30-4)26-21(27-28(19)13(2)24-12)14-7-8-18(31-5)23-11-14/h7-11H,1-6H3,(H,25,26,27). The molecule has 0 saturated heterocycles. The van der Waals surface area contributed by atoms with Gasteiger partial charge in [0.2, 0.25) is 11.6 Å². The number of pyridine rings is 1. The van der Waals surface area contributed by atoms with E-state index < -0.39 is 0 Å². The van der Waals surface area contributed by atoms with Crippen LogP contribution in [0.4, 0.5) is 11.5 Å². The summed E-state index contributed by atoms with van der Waals surface area (Å²) in [6, 6.07) is 7.25. The van der Waals surface area contributed by atoms with Crippen molar-refractivity contribution in [2.24, 2.45) is 0 Å². The molecule has 1 N–H and O–H groups in total. The van der Waals surface area contributed by atoms with E-state index in [0.717, 1.165) is 22.6 Å². The highest BCUT2D eigenvalue weighted by atomic mass is 16.5. The third-order valence-electron chi connectivity index (χ3n) is 4.96. The molecule has 0 bridgehead atoms. The summed E-state index contributed by atoms with van der Waals surface area (Å²) in [5.74, 6) is 3.90. The van der Waals surface area contributed by atoms with Crippen molar-refractivity contribution in [3.8, 4) is 34.5 Å². The zero-order valence-corrected chi connectivity index (χ0v) is 18.8. The molecule has 3 heterocycles. The molecule has 0 aliphatic carbocycles. The number of ether oxygens (including phenoxy) is 4. The predicted molar refractivity (Wildman–Crippen MR) is 119 cm³/mol. The summed E-state index contributed by atoms with van der Waals surface area (Å²) >= 11 is 0. The molecule has 166 valence electrons. The van der Waals surface area contributed by atoms with E-state index in [1.807, 2.05) is 32.0 Å². The molecule has 0 fully saturated rings. The summed E-state index contributed by atoms with van der Waals surface area (Å²) in [5.41, 5.74) is 3.02. The van der Waals surface area contributed by atoms with Crippen LogP contribution in [0, 0.1) is 13.8 Å². The Morgan fingerprint density at radius 3 is 2.16 bits per heavy atom. The molecule has 10 nitrogen and oxygen atoms in total. The largest absolute Gasteiger partial charge is 0.493 e. The lowest BCUT2D eigenvalue weighted by atomic mass is 10.2. The number of nitrogens with zero attached hydrogens (tertiary/aromatic N) is 5. The van der Waals surface area contributed by atoms with E-state index in [4.69, 9.17) is 23.9 Å². The van der Waals surface area contributed by atoms with Gasteiger partial charge in [0.05, 0.1) is 34.1 Å². The highest BCUT2D eigenvalue weighted by Gasteiger charge is 2.18. The van der Waals surface area contributed by atoms with Crippen LogP contribution in [0.15, 0.2) is 30.5 Å². The quantitative estimate of drug-likeness (QED) is 0.465. The monoisotopic (exact) mass is 436 g/mol. The zero-order valence-electron chi connectivity index (χ0n) is 18.8. The number of methoxy groups -OCH3 is 4. The van der Waals surface area contributed by atoms with Crippen molar-refractivity contribution < 1.29 is 18.9 Å². The summed E-state index contributed by atoms with van der Waals surface area (Å²) in [7, 11) is 6.28. The lowest BCUT2D eigenvalue weighted by Crippen LogP contribution is -2.06. The first-order valence-corrected chi connectivity index (χ1v) is 9.80. The zero-order chi connectivity index (χ0) is 22.8. The molecule has 0 spiro atoms. The number of anilines is 2. The Labute approximate surface area is 185 Å². The Bertz CT molecular complexity index is 1240. The van der Waals surface area contributed by atoms with Crippen LogP contribution in [-0.2, 0) is 0 Å². The van der Waals surface area contributed by atoms with E-state index in [-0.39, 0.29) is 0 Å². The van der Waals surface area contributed by atoms with E-state index in [2.05, 4.69) is 20.4 Å². The number of fused-ring (bicyclic) bond motifs is 1. The molecule has 4 rings (SSSR count). The third kappa shape index (κ3) is 3.70. The highest BCUT2D eigenvalue weighted by molar-refractivity contribution is 5.78. The van der Waals surface area contributed by atoms with E-state index in [9.17, 15) is 0 Å². The molecule has 3 aromatic heterocycles. The molecule has 32 heavy (non-hydrogen) atoms. The summed E-state index contributed by atoms with van der Waals surface area (Å²) in [4.78, 5) is 13.6. The Kier molecular flexibility index (Phi) is 5.67. The topological polar surface area (TPSA) is 105 Å². The van der Waals surface area contributed by atoms with Gasteiger partial charge in [-0.3, -0.25) is 0 Å². The average molecular weight is 436 g/mol. The minimum absolute atomic E-state index is 0.489. The summed E-state index contributed by atoms with van der Waals surface area (Å²) in [5, 5.41) is 8.03. The highest BCUT2D eigenvalue weighted by Crippen LogP contribution is 2.41. The first-order chi connectivity index (χ1) is 15.5. The van der Waals surface area contributed by atoms with Crippen molar-refractivity contribution in [2.75, 3.05) is 33.8 Å². The first kappa shape index (κ1) is 21.2. The molecule has 0 saturated carbocycles. The third-order valence-corrected chi connectivity index (χ3v) is 4.96. The molecule has 0 unspecified atom stereocenters. The number of aromatic nitrogens is 5. The van der Waals surface area contributed by atoms with Gasteiger partial charge in [-0.25, -0.2) is 19.5 Å². The maximum Gasteiger partial charge on any atom is 0.212 e. The number of benzene rings is 1. The summed E-state index contributed by atoms with van der Waals surface area (Å²) < 4.78 is 23.3. The van der Waals surface area contributed by atoms with Crippen LogP contribution in [0.2, 0.25) is 0 Å². The Morgan fingerprint density at radius 1 is 0.875 bits per heavy atom.